The average Bonchev–Trinajstić information content (AvgIpc) is 2.90. The van der Waals surface area contributed by atoms with Crippen molar-refractivity contribution in [2.75, 3.05) is 6.61 Å². The van der Waals surface area contributed by atoms with E-state index in [0.717, 1.165) is 6.42 Å². The van der Waals surface area contributed by atoms with Gasteiger partial charge in [0, 0.05) is 18.6 Å². The molecule has 4 atom stereocenters. The number of nitrogens with zero attached hydrogens (tertiary/aromatic N) is 1. The Labute approximate surface area is 117 Å². The first-order chi connectivity index (χ1) is 9.53. The van der Waals surface area contributed by atoms with Crippen LogP contribution in [0, 0.1) is 17.2 Å². The van der Waals surface area contributed by atoms with Crippen molar-refractivity contribution in [2.45, 2.75) is 29.5 Å². The molecular weight excluding hydrogens is 278 g/mol. The molecule has 106 valence electrons. The van der Waals surface area contributed by atoms with Gasteiger partial charge in [0.1, 0.15) is 0 Å². The molecule has 6 nitrogen and oxygen atoms in total. The van der Waals surface area contributed by atoms with Gasteiger partial charge in [-0.1, -0.05) is 6.07 Å². The Balaban J connectivity index is 1.81. The summed E-state index contributed by atoms with van der Waals surface area (Å²) in [6.07, 6.45) is 0.757. The fraction of sp³-hybridized carbons (Fsp3) is 0.462. The molecule has 0 amide bonds. The Hall–Kier alpha value is -1.46. The minimum absolute atomic E-state index is 0.0743. The monoisotopic (exact) mass is 293 g/mol. The normalized spacial score (nSPS) is 32.2. The highest BCUT2D eigenvalue weighted by Crippen LogP contribution is 2.38. The molecule has 0 aromatic heterocycles. The molecule has 1 saturated carbocycles. The lowest BCUT2D eigenvalue weighted by atomic mass is 9.73. The summed E-state index contributed by atoms with van der Waals surface area (Å²) in [4.78, 5) is 0.0743. The van der Waals surface area contributed by atoms with E-state index < -0.39 is 16.1 Å². The zero-order valence-corrected chi connectivity index (χ0v) is 11.5. The molecule has 2 fully saturated rings. The van der Waals surface area contributed by atoms with Gasteiger partial charge in [-0.2, -0.15) is 5.26 Å². The number of rotatable bonds is 3. The Kier molecular flexibility index (Phi) is 3.26. The van der Waals surface area contributed by atoms with Crippen LogP contribution in [0.1, 0.15) is 12.0 Å². The molecule has 1 aliphatic heterocycles. The van der Waals surface area contributed by atoms with E-state index in [2.05, 4.69) is 4.72 Å². The molecule has 1 aliphatic carbocycles. The van der Waals surface area contributed by atoms with Crippen molar-refractivity contribution in [3.05, 3.63) is 29.8 Å². The van der Waals surface area contributed by atoms with Crippen molar-refractivity contribution in [3.63, 3.8) is 0 Å². The molecule has 3 rings (SSSR count). The van der Waals surface area contributed by atoms with Gasteiger partial charge in [0.25, 0.3) is 0 Å². The van der Waals surface area contributed by atoms with E-state index in [1.54, 1.807) is 12.1 Å². The second kappa shape index (κ2) is 4.82. The smallest absolute Gasteiger partial charge is 0.241 e. The van der Waals surface area contributed by atoms with Crippen LogP contribution in [0.3, 0.4) is 0 Å². The minimum Gasteiger partial charge on any atom is -0.376 e. The van der Waals surface area contributed by atoms with Crippen molar-refractivity contribution in [1.82, 2.24) is 4.72 Å². The highest BCUT2D eigenvalue weighted by Gasteiger charge is 2.53. The number of nitrogens with one attached hydrogen (secondary N) is 1. The lowest BCUT2D eigenvalue weighted by molar-refractivity contribution is -0.00923. The number of hydrogen-bond donors (Lipinski definition) is 2. The van der Waals surface area contributed by atoms with Gasteiger partial charge < -0.3 is 10.5 Å². The van der Waals surface area contributed by atoms with Crippen LogP contribution < -0.4 is 10.5 Å². The number of benzene rings is 1. The van der Waals surface area contributed by atoms with Gasteiger partial charge in [0.05, 0.1) is 28.7 Å². The van der Waals surface area contributed by atoms with E-state index in [9.17, 15) is 8.42 Å². The predicted molar refractivity (Wildman–Crippen MR) is 71.1 cm³/mol. The topological polar surface area (TPSA) is 105 Å². The standard InChI is InChI=1S/C13H15N3O3S/c14-7-8-2-1-3-9(6-8)20(17,18)16-12-11(15)10-4-5-19-13(10)12/h1-3,6,10-13,16H,4-5,15H2. The molecule has 3 N–H and O–H groups in total. The summed E-state index contributed by atoms with van der Waals surface area (Å²) in [5, 5.41) is 8.83. The third kappa shape index (κ3) is 2.11. The van der Waals surface area contributed by atoms with Gasteiger partial charge >= 0.3 is 0 Å². The van der Waals surface area contributed by atoms with Crippen LogP contribution in [0.25, 0.3) is 0 Å². The molecule has 2 aliphatic rings. The van der Waals surface area contributed by atoms with E-state index in [1.165, 1.54) is 12.1 Å². The van der Waals surface area contributed by atoms with E-state index >= 15 is 0 Å². The first-order valence-corrected chi connectivity index (χ1v) is 7.91. The van der Waals surface area contributed by atoms with E-state index in [0.29, 0.717) is 12.2 Å². The lowest BCUT2D eigenvalue weighted by Gasteiger charge is -2.45. The molecule has 1 aromatic rings. The van der Waals surface area contributed by atoms with Gasteiger partial charge in [-0.05, 0) is 24.6 Å². The van der Waals surface area contributed by atoms with Crippen molar-refractivity contribution in [1.29, 1.82) is 5.26 Å². The van der Waals surface area contributed by atoms with Crippen LogP contribution in [0.15, 0.2) is 29.2 Å². The number of fused-ring (bicyclic) bond motifs is 1. The summed E-state index contributed by atoms with van der Waals surface area (Å²) < 4.78 is 32.7. The number of ether oxygens (including phenoxy) is 1. The SMILES string of the molecule is N#Cc1cccc(S(=O)(=O)NC2C(N)C3CCOC32)c1. The van der Waals surface area contributed by atoms with Crippen LogP contribution in [0.5, 0.6) is 0 Å². The highest BCUT2D eigenvalue weighted by molar-refractivity contribution is 7.89. The zero-order chi connectivity index (χ0) is 14.3. The van der Waals surface area contributed by atoms with E-state index in [4.69, 9.17) is 15.7 Å². The Morgan fingerprint density at radius 1 is 1.45 bits per heavy atom. The molecular formula is C13H15N3O3S. The van der Waals surface area contributed by atoms with Gasteiger partial charge in [-0.25, -0.2) is 13.1 Å². The summed E-state index contributed by atoms with van der Waals surface area (Å²) in [6.45, 7) is 0.630. The second-order valence-electron chi connectivity index (χ2n) is 5.15. The molecule has 0 spiro atoms. The molecule has 20 heavy (non-hydrogen) atoms. The van der Waals surface area contributed by atoms with Crippen LogP contribution in [-0.4, -0.2) is 33.2 Å². The van der Waals surface area contributed by atoms with Crippen LogP contribution in [-0.2, 0) is 14.8 Å². The summed E-state index contributed by atoms with van der Waals surface area (Å²) in [5.74, 6) is 0.244. The average molecular weight is 293 g/mol. The maximum absolute atomic E-state index is 12.3. The quantitative estimate of drug-likeness (QED) is 0.813. The molecule has 0 bridgehead atoms. The van der Waals surface area contributed by atoms with Crippen molar-refractivity contribution < 1.29 is 13.2 Å². The third-order valence-electron chi connectivity index (χ3n) is 4.01. The maximum atomic E-state index is 12.3. The van der Waals surface area contributed by atoms with Crippen LogP contribution in [0.2, 0.25) is 0 Å². The van der Waals surface area contributed by atoms with Gasteiger partial charge in [0.15, 0.2) is 0 Å². The zero-order valence-electron chi connectivity index (χ0n) is 10.7. The largest absolute Gasteiger partial charge is 0.376 e. The van der Waals surface area contributed by atoms with Crippen LogP contribution >= 0.6 is 0 Å². The number of nitrogens with two attached hydrogens (primary N) is 1. The molecule has 1 heterocycles. The number of hydrogen-bond acceptors (Lipinski definition) is 5. The van der Waals surface area contributed by atoms with E-state index in [-0.39, 0.29) is 23.0 Å². The fourth-order valence-corrected chi connectivity index (χ4v) is 4.20. The Morgan fingerprint density at radius 3 is 3.00 bits per heavy atom. The molecule has 1 saturated heterocycles. The minimum atomic E-state index is -3.69. The van der Waals surface area contributed by atoms with Crippen molar-refractivity contribution in [3.8, 4) is 6.07 Å². The summed E-state index contributed by atoms with van der Waals surface area (Å²) >= 11 is 0. The van der Waals surface area contributed by atoms with Gasteiger partial charge in [0.2, 0.25) is 10.0 Å². The number of sulfonamides is 1. The molecule has 1 aromatic carbocycles. The molecule has 4 unspecified atom stereocenters. The summed E-state index contributed by atoms with van der Waals surface area (Å²) in [6, 6.07) is 7.23. The predicted octanol–water partition coefficient (Wildman–Crippen LogP) is -0.0488. The second-order valence-corrected chi connectivity index (χ2v) is 6.87. The van der Waals surface area contributed by atoms with Crippen molar-refractivity contribution in [2.24, 2.45) is 11.7 Å². The molecule has 0 radical (unpaired) electrons. The molecule has 7 heteroatoms. The summed E-state index contributed by atoms with van der Waals surface area (Å²) in [7, 11) is -3.69. The first kappa shape index (κ1) is 13.5. The Bertz CT molecular complexity index is 668. The third-order valence-corrected chi connectivity index (χ3v) is 5.47. The Morgan fingerprint density at radius 2 is 2.25 bits per heavy atom. The van der Waals surface area contributed by atoms with Gasteiger partial charge in [-0.15, -0.1) is 0 Å². The van der Waals surface area contributed by atoms with Crippen molar-refractivity contribution >= 4 is 10.0 Å². The van der Waals surface area contributed by atoms with Gasteiger partial charge in [-0.3, -0.25) is 0 Å². The highest BCUT2D eigenvalue weighted by atomic mass is 32.2. The maximum Gasteiger partial charge on any atom is 0.241 e. The first-order valence-electron chi connectivity index (χ1n) is 6.42. The fourth-order valence-electron chi connectivity index (χ4n) is 2.87. The summed E-state index contributed by atoms with van der Waals surface area (Å²) in [5.41, 5.74) is 6.30. The lowest BCUT2D eigenvalue weighted by Crippen LogP contribution is -2.68. The van der Waals surface area contributed by atoms with E-state index in [1.807, 2.05) is 6.07 Å². The van der Waals surface area contributed by atoms with Crippen LogP contribution in [0.4, 0.5) is 0 Å². The number of nitriles is 1.